The lowest BCUT2D eigenvalue weighted by atomic mass is 9.68. The lowest BCUT2D eigenvalue weighted by molar-refractivity contribution is -0.448. The van der Waals surface area contributed by atoms with Crippen molar-refractivity contribution in [2.75, 3.05) is 23.0 Å². The maximum Gasteiger partial charge on any atom is 0.294 e. The van der Waals surface area contributed by atoms with Gasteiger partial charge in [-0.3, -0.25) is 13.7 Å². The molecule has 57 heavy (non-hydrogen) atoms. The van der Waals surface area contributed by atoms with E-state index in [4.69, 9.17) is 5.26 Å². The Morgan fingerprint density at radius 1 is 0.965 bits per heavy atom. The standard InChI is InChI=1S/C38H44N2O13S4/c1-25(9-10-26-15-18-37(2)31-20-30(57(50,51)52)12-14-33(31)40(36(26)37)22-28(42)24-56(47,48)49)7-6-8-35-38(16-4-3-5-17-38)32-19-29(54-53-43)11-13-34(32)39(35)21-27(41)23-55(44,45)46/h6-14,19-21,28,42H,3-5,15-18,22-24H2,1-2H3,(H4-,41,43,44,45,46,47,48,49,50,51,52)/p+1/b27-21+. The number of benzene rings is 2. The van der Waals surface area contributed by atoms with Gasteiger partial charge in [0.2, 0.25) is 5.69 Å². The molecule has 4 aliphatic rings. The average molecular weight is 866 g/mol. The van der Waals surface area contributed by atoms with E-state index in [1.54, 1.807) is 21.6 Å². The van der Waals surface area contributed by atoms with Gasteiger partial charge >= 0.3 is 0 Å². The largest absolute Gasteiger partial charge is 0.510 e. The molecule has 0 radical (unpaired) electrons. The highest BCUT2D eigenvalue weighted by atomic mass is 32.2. The first kappa shape index (κ1) is 43.0. The number of hydrogen-bond acceptors (Lipinski definition) is 12. The summed E-state index contributed by atoms with van der Waals surface area (Å²) in [5.41, 5.74) is 4.68. The SMILES string of the molecule is CC(/C=C/C=C1\N(/C=C(/O)CS(=O)(=O)O)c2ccc(SOO)cc2C12CCCCC2)=C\C=C1/CCC2(C)C1=[N+](CC(O)CS(=O)(=O)O)c1ccc(S(=O)(=O)O)cc12. The third kappa shape index (κ3) is 9.17. The van der Waals surface area contributed by atoms with Gasteiger partial charge in [0, 0.05) is 45.1 Å². The minimum absolute atomic E-state index is 0.210. The van der Waals surface area contributed by atoms with Crippen LogP contribution >= 0.6 is 12.0 Å². The van der Waals surface area contributed by atoms with Crippen molar-refractivity contribution in [2.24, 2.45) is 0 Å². The molecule has 6 rings (SSSR count). The van der Waals surface area contributed by atoms with Crippen molar-refractivity contribution in [1.29, 1.82) is 0 Å². The molecule has 2 aliphatic carbocycles. The zero-order valence-corrected chi connectivity index (χ0v) is 34.4. The molecule has 2 unspecified atom stereocenters. The van der Waals surface area contributed by atoms with E-state index in [0.717, 1.165) is 72.3 Å². The number of anilines is 1. The molecular formula is C38H45N2O13S4+. The highest BCUT2D eigenvalue weighted by Gasteiger charge is 2.54. The van der Waals surface area contributed by atoms with Crippen LogP contribution in [0.3, 0.4) is 0 Å². The molecule has 1 spiro atoms. The Balaban J connectivity index is 1.38. The Kier molecular flexibility index (Phi) is 12.2. The van der Waals surface area contributed by atoms with Crippen molar-refractivity contribution in [2.45, 2.75) is 85.5 Å². The van der Waals surface area contributed by atoms with Gasteiger partial charge in [0.15, 0.2) is 12.3 Å². The highest BCUT2D eigenvalue weighted by Crippen LogP contribution is 2.56. The minimum Gasteiger partial charge on any atom is -0.510 e. The van der Waals surface area contributed by atoms with Gasteiger partial charge in [-0.2, -0.15) is 34.2 Å². The molecular weight excluding hydrogens is 821 g/mol. The number of fused-ring (bicyclic) bond motifs is 5. The molecule has 2 atom stereocenters. The first-order valence-corrected chi connectivity index (χ1v) is 23.5. The van der Waals surface area contributed by atoms with Crippen LogP contribution in [0.15, 0.2) is 105 Å². The maximum absolute atomic E-state index is 12.1. The normalized spacial score (nSPS) is 23.2. The third-order valence-electron chi connectivity index (χ3n) is 11.0. The fraction of sp³-hybridized carbons (Fsp3) is 0.395. The van der Waals surface area contributed by atoms with Crippen LogP contribution in [-0.2, 0) is 45.5 Å². The zero-order valence-electron chi connectivity index (χ0n) is 31.1. The van der Waals surface area contributed by atoms with Gasteiger partial charge < -0.3 is 15.1 Å². The van der Waals surface area contributed by atoms with Crippen LogP contribution < -0.4 is 4.90 Å². The van der Waals surface area contributed by atoms with Crippen molar-refractivity contribution in [1.82, 2.24) is 0 Å². The summed E-state index contributed by atoms with van der Waals surface area (Å²) in [5.74, 6) is -2.43. The molecule has 0 aromatic heterocycles. The first-order valence-electron chi connectivity index (χ1n) is 18.1. The summed E-state index contributed by atoms with van der Waals surface area (Å²) >= 11 is 0.787. The van der Waals surface area contributed by atoms with E-state index in [0.29, 0.717) is 34.7 Å². The molecule has 0 saturated heterocycles. The number of aliphatic hydroxyl groups excluding tert-OH is 2. The van der Waals surface area contributed by atoms with Gasteiger partial charge in [-0.05, 0) is 81.5 Å². The summed E-state index contributed by atoms with van der Waals surface area (Å²) in [4.78, 5) is 2.08. The molecule has 19 heteroatoms. The molecule has 2 fully saturated rings. The topological polar surface area (TPSA) is 239 Å². The Morgan fingerprint density at radius 2 is 1.68 bits per heavy atom. The lowest BCUT2D eigenvalue weighted by Crippen LogP contribution is -2.33. The zero-order chi connectivity index (χ0) is 41.6. The summed E-state index contributed by atoms with van der Waals surface area (Å²) in [5, 5.41) is 30.5. The van der Waals surface area contributed by atoms with Gasteiger partial charge in [0.25, 0.3) is 30.4 Å². The monoisotopic (exact) mass is 865 g/mol. The number of allylic oxidation sites excluding steroid dienone is 8. The molecule has 0 amide bonds. The quantitative estimate of drug-likeness (QED) is 0.0252. The number of aliphatic hydroxyl groups is 2. The molecule has 2 aliphatic heterocycles. The number of rotatable bonds is 13. The van der Waals surface area contributed by atoms with E-state index in [-0.39, 0.29) is 11.4 Å². The van der Waals surface area contributed by atoms with Crippen molar-refractivity contribution >= 4 is 59.5 Å². The van der Waals surface area contributed by atoms with Crippen LogP contribution in [0.1, 0.15) is 69.9 Å². The number of hydrogen-bond donors (Lipinski definition) is 6. The predicted octanol–water partition coefficient (Wildman–Crippen LogP) is 6.15. The van der Waals surface area contributed by atoms with Crippen LogP contribution in [0, 0.1) is 0 Å². The number of β-amino-alcohol motifs (C(OH)–C–C–N with tert-alkyl or cyclic N) is 1. The van der Waals surface area contributed by atoms with Crippen molar-refractivity contribution < 1.29 is 63.3 Å². The van der Waals surface area contributed by atoms with Gasteiger partial charge in [-0.15, -0.1) is 0 Å². The highest BCUT2D eigenvalue weighted by molar-refractivity contribution is 7.94. The van der Waals surface area contributed by atoms with E-state index in [1.165, 1.54) is 24.4 Å². The molecule has 6 N–H and O–H groups in total. The van der Waals surface area contributed by atoms with Crippen molar-refractivity contribution in [3.05, 3.63) is 107 Å². The van der Waals surface area contributed by atoms with Gasteiger partial charge in [-0.1, -0.05) is 49.1 Å². The predicted molar refractivity (Wildman–Crippen MR) is 215 cm³/mol. The smallest absolute Gasteiger partial charge is 0.294 e. The number of nitrogens with zero attached hydrogens (tertiary/aromatic N) is 2. The molecule has 0 bridgehead atoms. The summed E-state index contributed by atoms with van der Waals surface area (Å²) in [6.45, 7) is 3.59. The Bertz CT molecular complexity index is 2480. The first-order chi connectivity index (χ1) is 26.6. The lowest BCUT2D eigenvalue weighted by Gasteiger charge is -2.36. The van der Waals surface area contributed by atoms with Crippen LogP contribution in [0.4, 0.5) is 11.4 Å². The fourth-order valence-corrected chi connectivity index (χ4v) is 10.7. The fourth-order valence-electron chi connectivity index (χ4n) is 8.75. The van der Waals surface area contributed by atoms with Crippen molar-refractivity contribution in [3.63, 3.8) is 0 Å². The second kappa shape index (κ2) is 16.2. The second-order valence-electron chi connectivity index (χ2n) is 15.1. The average Bonchev–Trinajstić information content (AvgIpc) is 3.65. The molecule has 15 nitrogen and oxygen atoms in total. The Hall–Kier alpha value is -3.63. The second-order valence-corrected chi connectivity index (χ2v) is 20.2. The van der Waals surface area contributed by atoms with Crippen LogP contribution in [0.25, 0.3) is 0 Å². The van der Waals surface area contributed by atoms with Gasteiger partial charge in [0.1, 0.15) is 23.4 Å². The van der Waals surface area contributed by atoms with E-state index in [9.17, 15) is 49.1 Å². The van der Waals surface area contributed by atoms with Gasteiger partial charge in [0.05, 0.1) is 22.4 Å². The Morgan fingerprint density at radius 3 is 2.33 bits per heavy atom. The molecule has 2 aromatic carbocycles. The molecule has 2 aromatic rings. The molecule has 2 heterocycles. The minimum atomic E-state index is -4.53. The van der Waals surface area contributed by atoms with Gasteiger partial charge in [-0.25, -0.2) is 5.26 Å². The maximum atomic E-state index is 12.1. The molecule has 2 saturated carbocycles. The molecule has 308 valence electrons. The summed E-state index contributed by atoms with van der Waals surface area (Å²) in [7, 11) is -13.6. The van der Waals surface area contributed by atoms with E-state index >= 15 is 0 Å². The summed E-state index contributed by atoms with van der Waals surface area (Å²) in [6.07, 6.45) is 14.7. The van der Waals surface area contributed by atoms with Crippen LogP contribution in [0.5, 0.6) is 0 Å². The van der Waals surface area contributed by atoms with E-state index in [2.05, 4.69) is 4.33 Å². The van der Waals surface area contributed by atoms with Crippen LogP contribution in [0.2, 0.25) is 0 Å². The van der Waals surface area contributed by atoms with E-state index in [1.807, 2.05) is 50.3 Å². The van der Waals surface area contributed by atoms with Crippen molar-refractivity contribution in [3.8, 4) is 0 Å². The summed E-state index contributed by atoms with van der Waals surface area (Å²) < 4.78 is 105. The van der Waals surface area contributed by atoms with Crippen LogP contribution in [-0.4, -0.2) is 88.8 Å². The van der Waals surface area contributed by atoms with E-state index < -0.39 is 64.6 Å². The third-order valence-corrected chi connectivity index (χ3v) is 13.9. The Labute approximate surface area is 336 Å². The summed E-state index contributed by atoms with van der Waals surface area (Å²) in [6, 6.07) is 9.58.